The molecule has 170 valence electrons. The number of ether oxygens (including phenoxy) is 1. The van der Waals surface area contributed by atoms with Crippen molar-refractivity contribution in [2.75, 3.05) is 6.61 Å². The van der Waals surface area contributed by atoms with Gasteiger partial charge in [-0.25, -0.2) is 9.78 Å². The molecular formula is C28H30N2O3. The normalized spacial score (nSPS) is 12.4. The number of aromatic carboxylic acids is 1. The van der Waals surface area contributed by atoms with Crippen LogP contribution in [0.3, 0.4) is 0 Å². The zero-order valence-electron chi connectivity index (χ0n) is 19.6. The van der Waals surface area contributed by atoms with Gasteiger partial charge < -0.3 is 14.2 Å². The van der Waals surface area contributed by atoms with Crippen molar-refractivity contribution >= 4 is 11.6 Å². The Bertz CT molecular complexity index is 1270. The third kappa shape index (κ3) is 4.69. The van der Waals surface area contributed by atoms with E-state index in [0.29, 0.717) is 23.7 Å². The summed E-state index contributed by atoms with van der Waals surface area (Å²) >= 11 is 0. The van der Waals surface area contributed by atoms with Crippen LogP contribution in [0.5, 0.6) is 0 Å². The maximum absolute atomic E-state index is 11.7. The molecule has 4 aromatic rings. The van der Waals surface area contributed by atoms with Crippen LogP contribution in [0.1, 0.15) is 59.7 Å². The number of fused-ring (bicyclic) bond motifs is 1. The highest BCUT2D eigenvalue weighted by molar-refractivity contribution is 5.96. The highest BCUT2D eigenvalue weighted by Crippen LogP contribution is 2.31. The quantitative estimate of drug-likeness (QED) is 0.346. The van der Waals surface area contributed by atoms with E-state index in [9.17, 15) is 9.90 Å². The lowest BCUT2D eigenvalue weighted by Crippen LogP contribution is -2.14. The lowest BCUT2D eigenvalue weighted by atomic mass is 9.96. The molecule has 0 bridgehead atoms. The molecule has 0 spiro atoms. The fourth-order valence-electron chi connectivity index (χ4n) is 4.05. The summed E-state index contributed by atoms with van der Waals surface area (Å²) in [5.41, 5.74) is 7.04. The van der Waals surface area contributed by atoms with Gasteiger partial charge in [-0.1, -0.05) is 69.3 Å². The second kappa shape index (κ2) is 9.59. The van der Waals surface area contributed by atoms with Gasteiger partial charge >= 0.3 is 5.97 Å². The minimum absolute atomic E-state index is 0.266. The van der Waals surface area contributed by atoms with Crippen molar-refractivity contribution in [3.05, 3.63) is 94.9 Å². The van der Waals surface area contributed by atoms with Crippen LogP contribution in [0.15, 0.2) is 66.9 Å². The van der Waals surface area contributed by atoms with Gasteiger partial charge in [-0.2, -0.15) is 0 Å². The minimum Gasteiger partial charge on any atom is -0.478 e. The molecule has 0 amide bonds. The zero-order chi connectivity index (χ0) is 23.5. The van der Waals surface area contributed by atoms with Gasteiger partial charge in [0.1, 0.15) is 11.8 Å². The number of hydrogen-bond acceptors (Lipinski definition) is 3. The molecule has 2 aromatic heterocycles. The molecule has 0 fully saturated rings. The summed E-state index contributed by atoms with van der Waals surface area (Å²) in [4.78, 5) is 16.4. The van der Waals surface area contributed by atoms with Gasteiger partial charge in [-0.05, 0) is 53.6 Å². The molecule has 5 heteroatoms. The average Bonchev–Trinajstić information content (AvgIpc) is 3.26. The van der Waals surface area contributed by atoms with Crippen LogP contribution in [0.25, 0.3) is 16.8 Å². The summed E-state index contributed by atoms with van der Waals surface area (Å²) in [6.45, 7) is 9.08. The molecule has 33 heavy (non-hydrogen) atoms. The molecular weight excluding hydrogens is 412 g/mol. The molecule has 0 aliphatic carbocycles. The lowest BCUT2D eigenvalue weighted by Gasteiger charge is -2.22. The number of aryl methyl sites for hydroxylation is 2. The van der Waals surface area contributed by atoms with Gasteiger partial charge in [0.15, 0.2) is 0 Å². The number of imidazole rings is 1. The number of hydrogen-bond donors (Lipinski definition) is 1. The van der Waals surface area contributed by atoms with E-state index in [1.54, 1.807) is 12.1 Å². The SMILES string of the molecule is CCc1cn2c([C@H](OCC(C)C)c3ccc(-c4ccccc4C(=O)O)cc3)ccc(C)c2n1. The fraction of sp³-hybridized carbons (Fsp3) is 0.286. The fourth-order valence-corrected chi connectivity index (χ4v) is 4.05. The Morgan fingerprint density at radius 3 is 2.45 bits per heavy atom. The first-order valence-electron chi connectivity index (χ1n) is 11.4. The minimum atomic E-state index is -0.929. The molecule has 0 aliphatic rings. The molecule has 0 saturated carbocycles. The number of carboxylic acid groups (broad SMARTS) is 1. The van der Waals surface area contributed by atoms with Crippen molar-refractivity contribution < 1.29 is 14.6 Å². The van der Waals surface area contributed by atoms with E-state index in [-0.39, 0.29) is 6.10 Å². The smallest absolute Gasteiger partial charge is 0.336 e. The molecule has 4 rings (SSSR count). The maximum atomic E-state index is 11.7. The van der Waals surface area contributed by atoms with Crippen LogP contribution in [-0.2, 0) is 11.2 Å². The Kier molecular flexibility index (Phi) is 6.61. The van der Waals surface area contributed by atoms with Crippen LogP contribution in [-0.4, -0.2) is 27.1 Å². The van der Waals surface area contributed by atoms with E-state index in [4.69, 9.17) is 9.72 Å². The Balaban J connectivity index is 1.78. The van der Waals surface area contributed by atoms with E-state index >= 15 is 0 Å². The topological polar surface area (TPSA) is 63.8 Å². The van der Waals surface area contributed by atoms with Gasteiger partial charge in [-0.3, -0.25) is 0 Å². The first-order chi connectivity index (χ1) is 15.9. The molecule has 1 N–H and O–H groups in total. The number of rotatable bonds is 8. The van der Waals surface area contributed by atoms with E-state index < -0.39 is 5.97 Å². The molecule has 0 saturated heterocycles. The Labute approximate surface area is 194 Å². The van der Waals surface area contributed by atoms with E-state index in [1.807, 2.05) is 36.4 Å². The largest absolute Gasteiger partial charge is 0.478 e. The van der Waals surface area contributed by atoms with Gasteiger partial charge in [-0.15, -0.1) is 0 Å². The van der Waals surface area contributed by atoms with E-state index in [2.05, 4.69) is 50.4 Å². The third-order valence-electron chi connectivity index (χ3n) is 5.80. The maximum Gasteiger partial charge on any atom is 0.336 e. The first-order valence-corrected chi connectivity index (χ1v) is 11.4. The predicted molar refractivity (Wildman–Crippen MR) is 131 cm³/mol. The Morgan fingerprint density at radius 2 is 1.79 bits per heavy atom. The van der Waals surface area contributed by atoms with Crippen molar-refractivity contribution in [1.82, 2.24) is 9.38 Å². The van der Waals surface area contributed by atoms with Crippen molar-refractivity contribution in [2.24, 2.45) is 5.92 Å². The first kappa shape index (κ1) is 22.7. The van der Waals surface area contributed by atoms with Gasteiger partial charge in [0, 0.05) is 6.20 Å². The van der Waals surface area contributed by atoms with Crippen molar-refractivity contribution in [3.8, 4) is 11.1 Å². The molecule has 1 atom stereocenters. The standard InChI is InChI=1S/C28H30N2O3/c1-5-22-16-30-25(15-10-19(4)27(30)29-22)26(33-17-18(2)3)21-13-11-20(12-14-21)23-8-6-7-9-24(23)28(31)32/h6-16,18,26H,5,17H2,1-4H3,(H,31,32)/t26-/m1/s1. The monoisotopic (exact) mass is 442 g/mol. The van der Waals surface area contributed by atoms with Crippen molar-refractivity contribution in [1.29, 1.82) is 0 Å². The summed E-state index contributed by atoms with van der Waals surface area (Å²) in [6, 6.07) is 19.3. The summed E-state index contributed by atoms with van der Waals surface area (Å²) in [5.74, 6) is -0.536. The highest BCUT2D eigenvalue weighted by atomic mass is 16.5. The van der Waals surface area contributed by atoms with Crippen LogP contribution in [0, 0.1) is 12.8 Å². The van der Waals surface area contributed by atoms with Gasteiger partial charge in [0.2, 0.25) is 0 Å². The number of benzene rings is 2. The highest BCUT2D eigenvalue weighted by Gasteiger charge is 2.21. The molecule has 2 heterocycles. The summed E-state index contributed by atoms with van der Waals surface area (Å²) in [7, 11) is 0. The van der Waals surface area contributed by atoms with E-state index in [0.717, 1.165) is 40.1 Å². The second-order valence-corrected chi connectivity index (χ2v) is 8.80. The summed E-state index contributed by atoms with van der Waals surface area (Å²) < 4.78 is 8.58. The van der Waals surface area contributed by atoms with E-state index in [1.165, 1.54) is 0 Å². The van der Waals surface area contributed by atoms with Crippen LogP contribution in [0.2, 0.25) is 0 Å². The number of nitrogens with zero attached hydrogens (tertiary/aromatic N) is 2. The van der Waals surface area contributed by atoms with Crippen molar-refractivity contribution in [3.63, 3.8) is 0 Å². The van der Waals surface area contributed by atoms with Crippen LogP contribution < -0.4 is 0 Å². The molecule has 0 radical (unpaired) electrons. The zero-order valence-corrected chi connectivity index (χ0v) is 19.6. The molecule has 0 unspecified atom stereocenters. The predicted octanol–water partition coefficient (Wildman–Crippen LogP) is 6.33. The molecule has 0 aliphatic heterocycles. The lowest BCUT2D eigenvalue weighted by molar-refractivity contribution is 0.0570. The number of aromatic nitrogens is 2. The summed E-state index contributed by atoms with van der Waals surface area (Å²) in [6.07, 6.45) is 2.70. The third-order valence-corrected chi connectivity index (χ3v) is 5.80. The van der Waals surface area contributed by atoms with Crippen molar-refractivity contribution in [2.45, 2.75) is 40.2 Å². The molecule has 5 nitrogen and oxygen atoms in total. The Hall–Kier alpha value is -3.44. The van der Waals surface area contributed by atoms with Gasteiger partial charge in [0.25, 0.3) is 0 Å². The average molecular weight is 443 g/mol. The number of carbonyl (C=O) groups is 1. The second-order valence-electron chi connectivity index (χ2n) is 8.80. The van der Waals surface area contributed by atoms with Gasteiger partial charge in [0.05, 0.1) is 23.6 Å². The summed E-state index contributed by atoms with van der Waals surface area (Å²) in [5, 5.41) is 9.56. The number of pyridine rings is 1. The van der Waals surface area contributed by atoms with Crippen LogP contribution >= 0.6 is 0 Å². The molecule has 2 aromatic carbocycles. The number of carboxylic acids is 1. The Morgan fingerprint density at radius 1 is 1.06 bits per heavy atom. The van der Waals surface area contributed by atoms with Crippen LogP contribution in [0.4, 0.5) is 0 Å².